The molecule has 0 bridgehead atoms. The first-order chi connectivity index (χ1) is 17.7. The zero-order chi connectivity index (χ0) is 27.9. The van der Waals surface area contributed by atoms with Crippen molar-refractivity contribution >= 4 is 23.6 Å². The van der Waals surface area contributed by atoms with Crippen LogP contribution in [0.3, 0.4) is 0 Å². The highest BCUT2D eigenvalue weighted by Crippen LogP contribution is 2.11. The van der Waals surface area contributed by atoms with Gasteiger partial charge in [-0.1, -0.05) is 26.3 Å². The Morgan fingerprint density at radius 2 is 1.00 bits per heavy atom. The van der Waals surface area contributed by atoms with E-state index in [9.17, 15) is 19.2 Å². The number of nitrogens with one attached hydrogen (secondary N) is 4. The van der Waals surface area contributed by atoms with Crippen molar-refractivity contribution in [2.24, 2.45) is 0 Å². The van der Waals surface area contributed by atoms with Crippen LogP contribution in [0.2, 0.25) is 0 Å². The Hall–Kier alpha value is -3.28. The standard InChI is InChI=1S/C26H42N4O7/c1-6-22(31)27-12-9-15-35-18-26(30-25(34)21(4)5,19-36-16-10-13-28-23(32)7-2)20-37-17-11-14-29-24(33)8-3/h6-8H,1-4,9-20H2,5H3,(H,27,31)(H,28,32)(H,29,33)(H,30,34). The second-order valence-electron chi connectivity index (χ2n) is 8.22. The average molecular weight is 523 g/mol. The molecule has 4 N–H and O–H groups in total. The van der Waals surface area contributed by atoms with Crippen LogP contribution in [0.25, 0.3) is 0 Å². The number of carbonyl (C=O) groups is 4. The largest absolute Gasteiger partial charge is 0.379 e. The van der Waals surface area contributed by atoms with E-state index >= 15 is 0 Å². The Balaban J connectivity index is 5.06. The highest BCUT2D eigenvalue weighted by Gasteiger charge is 2.34. The summed E-state index contributed by atoms with van der Waals surface area (Å²) in [6, 6.07) is 0. The molecular formula is C26H42N4O7. The Morgan fingerprint density at radius 3 is 1.27 bits per heavy atom. The van der Waals surface area contributed by atoms with Gasteiger partial charge in [0.2, 0.25) is 23.6 Å². The molecule has 0 spiro atoms. The van der Waals surface area contributed by atoms with Crippen molar-refractivity contribution in [2.75, 3.05) is 59.3 Å². The van der Waals surface area contributed by atoms with Crippen LogP contribution in [-0.4, -0.2) is 88.4 Å². The number of rotatable bonds is 23. The van der Waals surface area contributed by atoms with Crippen LogP contribution in [0.4, 0.5) is 0 Å². The number of ether oxygens (including phenoxy) is 3. The highest BCUT2D eigenvalue weighted by atomic mass is 16.5. The van der Waals surface area contributed by atoms with Gasteiger partial charge in [-0.15, -0.1) is 0 Å². The lowest BCUT2D eigenvalue weighted by atomic mass is 10.0. The molecule has 0 heterocycles. The predicted molar refractivity (Wildman–Crippen MR) is 142 cm³/mol. The highest BCUT2D eigenvalue weighted by molar-refractivity contribution is 5.92. The van der Waals surface area contributed by atoms with Gasteiger partial charge in [0.1, 0.15) is 5.54 Å². The molecule has 0 aromatic carbocycles. The Bertz CT molecular complexity index is 704. The molecule has 0 aromatic rings. The minimum atomic E-state index is -1.02. The van der Waals surface area contributed by atoms with Crippen molar-refractivity contribution in [3.63, 3.8) is 0 Å². The third kappa shape index (κ3) is 17.7. The van der Waals surface area contributed by atoms with Crippen molar-refractivity contribution in [1.82, 2.24) is 21.3 Å². The predicted octanol–water partition coefficient (Wildman–Crippen LogP) is 0.544. The summed E-state index contributed by atoms with van der Waals surface area (Å²) < 4.78 is 17.5. The van der Waals surface area contributed by atoms with E-state index in [-0.39, 0.29) is 43.4 Å². The summed E-state index contributed by atoms with van der Waals surface area (Å²) in [6.07, 6.45) is 5.24. The molecule has 0 aliphatic rings. The molecule has 11 heteroatoms. The maximum absolute atomic E-state index is 12.5. The van der Waals surface area contributed by atoms with E-state index in [0.29, 0.717) is 64.3 Å². The summed E-state index contributed by atoms with van der Waals surface area (Å²) in [6.45, 7) is 18.0. The summed E-state index contributed by atoms with van der Waals surface area (Å²) >= 11 is 0. The molecule has 0 unspecified atom stereocenters. The molecule has 0 radical (unpaired) electrons. The van der Waals surface area contributed by atoms with Crippen molar-refractivity contribution in [3.05, 3.63) is 50.1 Å². The first-order valence-electron chi connectivity index (χ1n) is 12.1. The molecule has 0 saturated carbocycles. The van der Waals surface area contributed by atoms with Gasteiger partial charge in [-0.05, 0) is 44.4 Å². The zero-order valence-electron chi connectivity index (χ0n) is 21.9. The lowest BCUT2D eigenvalue weighted by Gasteiger charge is -2.34. The monoisotopic (exact) mass is 522 g/mol. The Morgan fingerprint density at radius 1 is 0.676 bits per heavy atom. The number of amides is 4. The molecule has 4 amide bonds. The molecule has 0 saturated heterocycles. The zero-order valence-corrected chi connectivity index (χ0v) is 21.9. The fraction of sp³-hybridized carbons (Fsp3) is 0.538. The third-order valence-electron chi connectivity index (χ3n) is 4.75. The van der Waals surface area contributed by atoms with Gasteiger partial charge in [-0.3, -0.25) is 19.2 Å². The van der Waals surface area contributed by atoms with E-state index in [0.717, 1.165) is 0 Å². The molecule has 0 aromatic heterocycles. The van der Waals surface area contributed by atoms with E-state index < -0.39 is 5.54 Å². The van der Waals surface area contributed by atoms with Crippen LogP contribution in [0.1, 0.15) is 26.2 Å². The van der Waals surface area contributed by atoms with Crippen LogP contribution >= 0.6 is 0 Å². The summed E-state index contributed by atoms with van der Waals surface area (Å²) in [5.74, 6) is -1.17. The first kappa shape index (κ1) is 33.7. The van der Waals surface area contributed by atoms with Crippen LogP contribution < -0.4 is 21.3 Å². The van der Waals surface area contributed by atoms with E-state index in [4.69, 9.17) is 14.2 Å². The molecule has 0 aliphatic carbocycles. The fourth-order valence-corrected chi connectivity index (χ4v) is 2.76. The van der Waals surface area contributed by atoms with Gasteiger partial charge < -0.3 is 35.5 Å². The van der Waals surface area contributed by atoms with Gasteiger partial charge in [0.05, 0.1) is 19.8 Å². The van der Waals surface area contributed by atoms with E-state index in [1.807, 2.05) is 0 Å². The quantitative estimate of drug-likeness (QED) is 0.113. The van der Waals surface area contributed by atoms with Crippen LogP contribution in [-0.2, 0) is 33.4 Å². The van der Waals surface area contributed by atoms with Crippen molar-refractivity contribution in [2.45, 2.75) is 31.7 Å². The molecule has 0 aliphatic heterocycles. The Kier molecular flexibility index (Phi) is 19.0. The smallest absolute Gasteiger partial charge is 0.246 e. The molecule has 11 nitrogen and oxygen atoms in total. The second-order valence-corrected chi connectivity index (χ2v) is 8.22. The molecule has 37 heavy (non-hydrogen) atoms. The van der Waals surface area contributed by atoms with Crippen molar-refractivity contribution in [1.29, 1.82) is 0 Å². The molecule has 0 atom stereocenters. The number of hydrogen-bond acceptors (Lipinski definition) is 7. The van der Waals surface area contributed by atoms with E-state index in [1.165, 1.54) is 18.2 Å². The third-order valence-corrected chi connectivity index (χ3v) is 4.75. The minimum Gasteiger partial charge on any atom is -0.379 e. The van der Waals surface area contributed by atoms with E-state index in [2.05, 4.69) is 47.6 Å². The van der Waals surface area contributed by atoms with Gasteiger partial charge in [0, 0.05) is 45.0 Å². The van der Waals surface area contributed by atoms with Gasteiger partial charge in [-0.25, -0.2) is 0 Å². The van der Waals surface area contributed by atoms with E-state index in [1.54, 1.807) is 6.92 Å². The minimum absolute atomic E-state index is 0.0851. The van der Waals surface area contributed by atoms with Crippen molar-refractivity contribution in [3.8, 4) is 0 Å². The molecule has 0 fully saturated rings. The molecular weight excluding hydrogens is 480 g/mol. The Labute approximate surface area is 219 Å². The van der Waals surface area contributed by atoms with Crippen LogP contribution in [0.15, 0.2) is 50.1 Å². The topological polar surface area (TPSA) is 144 Å². The normalized spacial score (nSPS) is 10.6. The van der Waals surface area contributed by atoms with Crippen molar-refractivity contribution < 1.29 is 33.4 Å². The van der Waals surface area contributed by atoms with Crippen LogP contribution in [0, 0.1) is 0 Å². The lowest BCUT2D eigenvalue weighted by Crippen LogP contribution is -2.59. The second kappa shape index (κ2) is 20.9. The average Bonchev–Trinajstić information content (AvgIpc) is 2.89. The first-order valence-corrected chi connectivity index (χ1v) is 12.1. The summed E-state index contributed by atoms with van der Waals surface area (Å²) in [5.41, 5.74) is -0.703. The van der Waals surface area contributed by atoms with Crippen LogP contribution in [0.5, 0.6) is 0 Å². The lowest BCUT2D eigenvalue weighted by molar-refractivity contribution is -0.124. The van der Waals surface area contributed by atoms with Gasteiger partial charge in [-0.2, -0.15) is 0 Å². The SMILES string of the molecule is C=CC(=O)NCCCOCC(COCCCNC(=O)C=C)(COCCCNC(=O)C=C)NC(=O)C(=C)C. The maximum Gasteiger partial charge on any atom is 0.246 e. The number of carbonyl (C=O) groups excluding carboxylic acids is 4. The summed E-state index contributed by atoms with van der Waals surface area (Å²) in [7, 11) is 0. The molecule has 208 valence electrons. The fourth-order valence-electron chi connectivity index (χ4n) is 2.76. The molecule has 0 rings (SSSR count). The van der Waals surface area contributed by atoms with Gasteiger partial charge >= 0.3 is 0 Å². The maximum atomic E-state index is 12.5. The number of hydrogen-bond donors (Lipinski definition) is 4. The van der Waals surface area contributed by atoms with Gasteiger partial charge in [0.25, 0.3) is 0 Å². The van der Waals surface area contributed by atoms with Gasteiger partial charge in [0.15, 0.2) is 0 Å². The summed E-state index contributed by atoms with van der Waals surface area (Å²) in [5, 5.41) is 10.9. The summed E-state index contributed by atoms with van der Waals surface area (Å²) in [4.78, 5) is 46.3.